The zero-order chi connectivity index (χ0) is 17.9. The molecular formula is C21H21FN2O2. The van der Waals surface area contributed by atoms with Crippen LogP contribution < -0.4 is 4.74 Å². The van der Waals surface area contributed by atoms with Gasteiger partial charge >= 0.3 is 0 Å². The Hall–Kier alpha value is -2.45. The van der Waals surface area contributed by atoms with Crippen LogP contribution in [-0.4, -0.2) is 24.3 Å². The molecule has 26 heavy (non-hydrogen) atoms. The Balaban J connectivity index is 1.89. The van der Waals surface area contributed by atoms with E-state index in [1.165, 1.54) is 12.1 Å². The van der Waals surface area contributed by atoms with Crippen LogP contribution in [0.3, 0.4) is 0 Å². The zero-order valence-corrected chi connectivity index (χ0v) is 14.6. The van der Waals surface area contributed by atoms with Crippen molar-refractivity contribution in [1.29, 1.82) is 5.26 Å². The summed E-state index contributed by atoms with van der Waals surface area (Å²) in [5.74, 6) is 0.0557. The number of pyridine rings is 1. The first-order valence-corrected chi connectivity index (χ1v) is 9.22. The van der Waals surface area contributed by atoms with E-state index < -0.39 is 0 Å². The molecule has 1 aliphatic heterocycles. The number of aryl methyl sites for hydroxylation is 1. The molecule has 0 spiro atoms. The van der Waals surface area contributed by atoms with Crippen molar-refractivity contribution in [2.45, 2.75) is 44.6 Å². The first-order valence-electron chi connectivity index (χ1n) is 9.22. The molecule has 1 aromatic carbocycles. The predicted octanol–water partition coefficient (Wildman–Crippen LogP) is 4.20. The summed E-state index contributed by atoms with van der Waals surface area (Å²) in [6.07, 6.45) is 5.68. The highest BCUT2D eigenvalue weighted by Crippen LogP contribution is 2.37. The molecule has 1 atom stereocenters. The van der Waals surface area contributed by atoms with Gasteiger partial charge < -0.3 is 9.47 Å². The van der Waals surface area contributed by atoms with Crippen LogP contribution in [0.2, 0.25) is 0 Å². The molecule has 1 unspecified atom stereocenters. The molecule has 2 aromatic rings. The minimum atomic E-state index is -0.308. The molecule has 0 N–H and O–H groups in total. The summed E-state index contributed by atoms with van der Waals surface area (Å²) in [5.41, 5.74) is 3.96. The molecule has 1 saturated heterocycles. The summed E-state index contributed by atoms with van der Waals surface area (Å²) in [6, 6.07) is 8.72. The summed E-state index contributed by atoms with van der Waals surface area (Å²) < 4.78 is 25.3. The molecule has 1 aromatic heterocycles. The number of nitriles is 1. The fourth-order valence-electron chi connectivity index (χ4n) is 3.81. The molecular weight excluding hydrogens is 331 g/mol. The molecule has 4 rings (SSSR count). The summed E-state index contributed by atoms with van der Waals surface area (Å²) in [6.45, 7) is 1.17. The van der Waals surface area contributed by atoms with E-state index >= 15 is 0 Å². The third kappa shape index (κ3) is 3.30. The highest BCUT2D eigenvalue weighted by atomic mass is 19.1. The lowest BCUT2D eigenvalue weighted by molar-refractivity contribution is 0.137. The molecule has 2 heterocycles. The van der Waals surface area contributed by atoms with Crippen molar-refractivity contribution in [1.82, 2.24) is 4.98 Å². The maximum atomic E-state index is 13.9. The highest BCUT2D eigenvalue weighted by molar-refractivity contribution is 5.77. The van der Waals surface area contributed by atoms with Gasteiger partial charge in [0.15, 0.2) is 0 Å². The van der Waals surface area contributed by atoms with Gasteiger partial charge in [-0.25, -0.2) is 9.37 Å². The topological polar surface area (TPSA) is 55.1 Å². The van der Waals surface area contributed by atoms with Crippen LogP contribution in [-0.2, 0) is 17.6 Å². The summed E-state index contributed by atoms with van der Waals surface area (Å²) in [4.78, 5) is 4.72. The second-order valence-corrected chi connectivity index (χ2v) is 6.88. The quantitative estimate of drug-likeness (QED) is 0.777. The zero-order valence-electron chi connectivity index (χ0n) is 14.6. The molecule has 1 fully saturated rings. The van der Waals surface area contributed by atoms with Gasteiger partial charge in [0, 0.05) is 17.7 Å². The Kier molecular flexibility index (Phi) is 4.85. The normalized spacial score (nSPS) is 19.5. The first kappa shape index (κ1) is 17.0. The van der Waals surface area contributed by atoms with Crippen molar-refractivity contribution in [3.8, 4) is 23.1 Å². The van der Waals surface area contributed by atoms with Crippen molar-refractivity contribution in [3.05, 3.63) is 46.9 Å². The Labute approximate surface area is 152 Å². The highest BCUT2D eigenvalue weighted by Gasteiger charge is 2.26. The smallest absolute Gasteiger partial charge is 0.232 e. The number of hydrogen-bond acceptors (Lipinski definition) is 4. The molecule has 0 saturated carbocycles. The minimum absolute atomic E-state index is 0.0845. The van der Waals surface area contributed by atoms with E-state index in [0.29, 0.717) is 24.7 Å². The molecule has 1 aliphatic carbocycles. The molecule has 2 aliphatic rings. The molecule has 0 radical (unpaired) electrons. The Morgan fingerprint density at radius 3 is 2.88 bits per heavy atom. The van der Waals surface area contributed by atoms with Gasteiger partial charge in [0.2, 0.25) is 5.88 Å². The second-order valence-electron chi connectivity index (χ2n) is 6.88. The van der Waals surface area contributed by atoms with E-state index in [1.807, 2.05) is 6.07 Å². The van der Waals surface area contributed by atoms with E-state index in [9.17, 15) is 9.65 Å². The van der Waals surface area contributed by atoms with Crippen molar-refractivity contribution >= 4 is 0 Å². The van der Waals surface area contributed by atoms with Crippen molar-refractivity contribution in [3.63, 3.8) is 0 Å². The number of hydrogen-bond donors (Lipinski definition) is 0. The van der Waals surface area contributed by atoms with Crippen LogP contribution in [0.15, 0.2) is 24.3 Å². The van der Waals surface area contributed by atoms with Gasteiger partial charge in [-0.3, -0.25) is 0 Å². The number of benzene rings is 1. The Morgan fingerprint density at radius 1 is 1.23 bits per heavy atom. The second kappa shape index (κ2) is 7.43. The maximum absolute atomic E-state index is 13.9. The number of rotatable bonds is 3. The van der Waals surface area contributed by atoms with E-state index in [0.717, 1.165) is 60.9 Å². The monoisotopic (exact) mass is 352 g/mol. The van der Waals surface area contributed by atoms with Crippen molar-refractivity contribution in [2.24, 2.45) is 0 Å². The van der Waals surface area contributed by atoms with E-state index in [2.05, 4.69) is 6.07 Å². The van der Waals surface area contributed by atoms with Gasteiger partial charge in [-0.1, -0.05) is 18.6 Å². The number of aromatic nitrogens is 1. The molecule has 5 heteroatoms. The van der Waals surface area contributed by atoms with Gasteiger partial charge in [0.25, 0.3) is 0 Å². The van der Waals surface area contributed by atoms with Crippen LogP contribution in [0.5, 0.6) is 5.88 Å². The van der Waals surface area contributed by atoms with Gasteiger partial charge in [0.05, 0.1) is 13.2 Å². The molecule has 0 amide bonds. The van der Waals surface area contributed by atoms with Crippen LogP contribution in [0.4, 0.5) is 4.39 Å². The summed E-state index contributed by atoms with van der Waals surface area (Å²) in [5, 5.41) is 9.88. The molecule has 134 valence electrons. The fourth-order valence-corrected chi connectivity index (χ4v) is 3.81. The fraction of sp³-hybridized carbons (Fsp3) is 0.429. The lowest BCUT2D eigenvalue weighted by atomic mass is 9.92. The lowest BCUT2D eigenvalue weighted by Crippen LogP contribution is -2.18. The lowest BCUT2D eigenvalue weighted by Gasteiger charge is -2.19. The Bertz CT molecular complexity index is 854. The first-order chi connectivity index (χ1) is 12.8. The van der Waals surface area contributed by atoms with E-state index in [-0.39, 0.29) is 11.9 Å². The average molecular weight is 352 g/mol. The largest absolute Gasteiger partial charge is 0.471 e. The van der Waals surface area contributed by atoms with Gasteiger partial charge in [-0.15, -0.1) is 0 Å². The maximum Gasteiger partial charge on any atom is 0.232 e. The van der Waals surface area contributed by atoms with Crippen LogP contribution in [0, 0.1) is 17.1 Å². The molecule has 0 bridgehead atoms. The number of ether oxygens (including phenoxy) is 2. The van der Waals surface area contributed by atoms with E-state index in [1.54, 1.807) is 6.07 Å². The minimum Gasteiger partial charge on any atom is -0.471 e. The summed E-state index contributed by atoms with van der Waals surface area (Å²) in [7, 11) is 0. The average Bonchev–Trinajstić information content (AvgIpc) is 3.04. The number of fused-ring (bicyclic) bond motifs is 1. The standard InChI is InChI=1S/C21H21FN2O2/c22-15-6-4-5-14(11-15)20-17-7-2-1-3-8-19(17)24-21(18(20)12-23)26-16-9-10-25-13-16/h4-6,11,16H,1-3,7-10,13H2. The summed E-state index contributed by atoms with van der Waals surface area (Å²) >= 11 is 0. The van der Waals surface area contributed by atoms with Crippen molar-refractivity contribution in [2.75, 3.05) is 13.2 Å². The van der Waals surface area contributed by atoms with Gasteiger partial charge in [-0.05, 0) is 48.9 Å². The van der Waals surface area contributed by atoms with Crippen LogP contribution in [0.1, 0.15) is 42.5 Å². The Morgan fingerprint density at radius 2 is 2.12 bits per heavy atom. The number of nitrogens with zero attached hydrogens (tertiary/aromatic N) is 2. The third-order valence-electron chi connectivity index (χ3n) is 5.08. The van der Waals surface area contributed by atoms with E-state index in [4.69, 9.17) is 14.5 Å². The van der Waals surface area contributed by atoms with Gasteiger partial charge in [-0.2, -0.15) is 5.26 Å². The predicted molar refractivity (Wildman–Crippen MR) is 95.5 cm³/mol. The van der Waals surface area contributed by atoms with Crippen LogP contribution in [0.25, 0.3) is 11.1 Å². The molecule has 4 nitrogen and oxygen atoms in total. The SMILES string of the molecule is N#Cc1c(OC2CCOC2)nc2c(c1-c1cccc(F)c1)CCCCC2. The third-order valence-corrected chi connectivity index (χ3v) is 5.08. The van der Waals surface area contributed by atoms with Gasteiger partial charge in [0.1, 0.15) is 23.6 Å². The van der Waals surface area contributed by atoms with Crippen molar-refractivity contribution < 1.29 is 13.9 Å². The van der Waals surface area contributed by atoms with Crippen LogP contribution >= 0.6 is 0 Å². The number of halogens is 1.